The molecule has 0 fully saturated rings. The van der Waals surface area contributed by atoms with Gasteiger partial charge in [0.25, 0.3) is 5.69 Å². The molecule has 0 aliphatic heterocycles. The van der Waals surface area contributed by atoms with Gasteiger partial charge in [0.1, 0.15) is 11.3 Å². The SMILES string of the molecule is O=C(Cc1ccc([N+](=O)[O-])cc1)Nc1ncnc(Cl)c1Cl. The summed E-state index contributed by atoms with van der Waals surface area (Å²) in [6.07, 6.45) is 1.20. The minimum Gasteiger partial charge on any atom is -0.309 e. The van der Waals surface area contributed by atoms with Crippen LogP contribution in [-0.4, -0.2) is 20.8 Å². The number of nitro benzene ring substituents is 1. The molecule has 108 valence electrons. The number of hydrogen-bond donors (Lipinski definition) is 1. The maximum absolute atomic E-state index is 11.9. The Morgan fingerprint density at radius 2 is 1.90 bits per heavy atom. The topological polar surface area (TPSA) is 98.0 Å². The van der Waals surface area contributed by atoms with Gasteiger partial charge in [-0.15, -0.1) is 0 Å². The van der Waals surface area contributed by atoms with Crippen molar-refractivity contribution in [1.29, 1.82) is 0 Å². The molecule has 0 saturated carbocycles. The zero-order chi connectivity index (χ0) is 15.4. The molecule has 21 heavy (non-hydrogen) atoms. The fourth-order valence-electron chi connectivity index (χ4n) is 1.53. The Bertz CT molecular complexity index is 691. The molecule has 2 aromatic rings. The summed E-state index contributed by atoms with van der Waals surface area (Å²) in [6, 6.07) is 5.67. The molecule has 1 heterocycles. The van der Waals surface area contributed by atoms with Gasteiger partial charge in [0.15, 0.2) is 11.0 Å². The van der Waals surface area contributed by atoms with Gasteiger partial charge in [-0.25, -0.2) is 9.97 Å². The molecular weight excluding hydrogens is 319 g/mol. The third-order valence-electron chi connectivity index (χ3n) is 2.52. The average Bonchev–Trinajstić information content (AvgIpc) is 2.44. The fraction of sp³-hybridized carbons (Fsp3) is 0.0833. The predicted octanol–water partition coefficient (Wildman–Crippen LogP) is 2.87. The first-order valence-corrected chi connectivity index (χ1v) is 6.42. The number of nitrogens with one attached hydrogen (secondary N) is 1. The second kappa shape index (κ2) is 6.47. The number of carbonyl (C=O) groups is 1. The molecule has 1 amide bonds. The highest BCUT2D eigenvalue weighted by molar-refractivity contribution is 6.42. The highest BCUT2D eigenvalue weighted by atomic mass is 35.5. The standard InChI is InChI=1S/C12H8Cl2N4O3/c13-10-11(14)15-6-16-12(10)17-9(19)5-7-1-3-8(4-2-7)18(20)21/h1-4,6H,5H2,(H,15,16,17,19). The van der Waals surface area contributed by atoms with Crippen LogP contribution in [0.1, 0.15) is 5.56 Å². The number of rotatable bonds is 4. The number of carbonyl (C=O) groups excluding carboxylic acids is 1. The molecule has 2 rings (SSSR count). The van der Waals surface area contributed by atoms with Crippen LogP contribution in [0.5, 0.6) is 0 Å². The highest BCUT2D eigenvalue weighted by Crippen LogP contribution is 2.25. The molecule has 9 heteroatoms. The van der Waals surface area contributed by atoms with Crippen LogP contribution in [0, 0.1) is 10.1 Å². The number of non-ortho nitro benzene ring substituents is 1. The van der Waals surface area contributed by atoms with Gasteiger partial charge >= 0.3 is 0 Å². The molecule has 0 aliphatic carbocycles. The highest BCUT2D eigenvalue weighted by Gasteiger charge is 2.12. The van der Waals surface area contributed by atoms with Crippen LogP contribution in [0.25, 0.3) is 0 Å². The quantitative estimate of drug-likeness (QED) is 0.529. The van der Waals surface area contributed by atoms with Crippen molar-refractivity contribution in [1.82, 2.24) is 9.97 Å². The first kappa shape index (κ1) is 15.1. The maximum Gasteiger partial charge on any atom is 0.269 e. The van der Waals surface area contributed by atoms with Gasteiger partial charge in [-0.2, -0.15) is 0 Å². The van der Waals surface area contributed by atoms with Crippen LogP contribution in [0.15, 0.2) is 30.6 Å². The average molecular weight is 327 g/mol. The number of nitro groups is 1. The summed E-state index contributed by atoms with van der Waals surface area (Å²) in [5, 5.41) is 13.1. The Labute approximate surface area is 129 Å². The van der Waals surface area contributed by atoms with Crippen molar-refractivity contribution in [2.45, 2.75) is 6.42 Å². The number of hydrogen-bond acceptors (Lipinski definition) is 5. The monoisotopic (exact) mass is 326 g/mol. The normalized spacial score (nSPS) is 10.2. The molecule has 0 spiro atoms. The Hall–Kier alpha value is -2.25. The zero-order valence-electron chi connectivity index (χ0n) is 10.4. The van der Waals surface area contributed by atoms with Gasteiger partial charge in [0, 0.05) is 12.1 Å². The summed E-state index contributed by atoms with van der Waals surface area (Å²) >= 11 is 11.6. The van der Waals surface area contributed by atoms with E-state index < -0.39 is 4.92 Å². The lowest BCUT2D eigenvalue weighted by molar-refractivity contribution is -0.384. The summed E-state index contributed by atoms with van der Waals surface area (Å²) in [7, 11) is 0. The second-order valence-corrected chi connectivity index (χ2v) is 4.71. The fourth-order valence-corrected chi connectivity index (χ4v) is 1.81. The maximum atomic E-state index is 11.9. The third kappa shape index (κ3) is 3.87. The van der Waals surface area contributed by atoms with Crippen molar-refractivity contribution in [2.24, 2.45) is 0 Å². The van der Waals surface area contributed by atoms with Crippen LogP contribution in [0.2, 0.25) is 10.2 Å². The van der Waals surface area contributed by atoms with Gasteiger partial charge in [-0.1, -0.05) is 35.3 Å². The van der Waals surface area contributed by atoms with Crippen molar-refractivity contribution >= 4 is 40.6 Å². The van der Waals surface area contributed by atoms with Crippen molar-refractivity contribution in [3.63, 3.8) is 0 Å². The second-order valence-electron chi connectivity index (χ2n) is 3.98. The van der Waals surface area contributed by atoms with Crippen molar-refractivity contribution in [3.8, 4) is 0 Å². The molecular formula is C12H8Cl2N4O3. The first-order chi connectivity index (χ1) is 9.97. The summed E-state index contributed by atoms with van der Waals surface area (Å²) in [5.41, 5.74) is 0.583. The van der Waals surface area contributed by atoms with Crippen molar-refractivity contribution in [3.05, 3.63) is 56.4 Å². The molecule has 1 aromatic carbocycles. The van der Waals surface area contributed by atoms with E-state index in [0.29, 0.717) is 5.56 Å². The van der Waals surface area contributed by atoms with E-state index in [9.17, 15) is 14.9 Å². The first-order valence-electron chi connectivity index (χ1n) is 5.66. The van der Waals surface area contributed by atoms with Crippen LogP contribution in [0.4, 0.5) is 11.5 Å². The molecule has 0 bridgehead atoms. The van der Waals surface area contributed by atoms with Gasteiger partial charge in [0.05, 0.1) is 11.3 Å². The van der Waals surface area contributed by atoms with Crippen molar-refractivity contribution in [2.75, 3.05) is 5.32 Å². The van der Waals surface area contributed by atoms with E-state index in [2.05, 4.69) is 15.3 Å². The Balaban J connectivity index is 2.04. The van der Waals surface area contributed by atoms with Crippen molar-refractivity contribution < 1.29 is 9.72 Å². The van der Waals surface area contributed by atoms with E-state index in [1.807, 2.05) is 0 Å². The summed E-state index contributed by atoms with van der Waals surface area (Å²) in [4.78, 5) is 29.4. The lowest BCUT2D eigenvalue weighted by Gasteiger charge is -2.06. The zero-order valence-corrected chi connectivity index (χ0v) is 11.9. The lowest BCUT2D eigenvalue weighted by Crippen LogP contribution is -2.15. The molecule has 0 unspecified atom stereocenters. The number of amides is 1. The van der Waals surface area contributed by atoms with Gasteiger partial charge < -0.3 is 5.32 Å². The molecule has 0 saturated heterocycles. The molecule has 7 nitrogen and oxygen atoms in total. The van der Waals surface area contributed by atoms with Crippen LogP contribution >= 0.6 is 23.2 Å². The van der Waals surface area contributed by atoms with E-state index in [-0.39, 0.29) is 34.0 Å². The minimum atomic E-state index is -0.507. The number of anilines is 1. The smallest absolute Gasteiger partial charge is 0.269 e. The Morgan fingerprint density at radius 3 is 2.52 bits per heavy atom. The molecule has 0 aliphatic rings. The number of aromatic nitrogens is 2. The van der Waals surface area contributed by atoms with E-state index in [1.165, 1.54) is 30.6 Å². The van der Waals surface area contributed by atoms with Gasteiger partial charge in [0.2, 0.25) is 5.91 Å². The largest absolute Gasteiger partial charge is 0.309 e. The van der Waals surface area contributed by atoms with E-state index in [1.54, 1.807) is 0 Å². The Morgan fingerprint density at radius 1 is 1.24 bits per heavy atom. The summed E-state index contributed by atoms with van der Waals surface area (Å²) < 4.78 is 0. The predicted molar refractivity (Wildman–Crippen MR) is 77.5 cm³/mol. The van der Waals surface area contributed by atoms with Crippen LogP contribution < -0.4 is 5.32 Å². The summed E-state index contributed by atoms with van der Waals surface area (Å²) in [6.45, 7) is 0. The van der Waals surface area contributed by atoms with Crippen LogP contribution in [-0.2, 0) is 11.2 Å². The lowest BCUT2D eigenvalue weighted by atomic mass is 10.1. The van der Waals surface area contributed by atoms with E-state index >= 15 is 0 Å². The van der Waals surface area contributed by atoms with E-state index in [0.717, 1.165) is 0 Å². The van der Waals surface area contributed by atoms with Crippen LogP contribution in [0.3, 0.4) is 0 Å². The molecule has 1 aromatic heterocycles. The van der Waals surface area contributed by atoms with Gasteiger partial charge in [-0.3, -0.25) is 14.9 Å². The summed E-state index contributed by atoms with van der Waals surface area (Å²) in [5.74, 6) is -0.260. The number of halogens is 2. The Kier molecular flexibility index (Phi) is 4.66. The number of benzene rings is 1. The van der Waals surface area contributed by atoms with E-state index in [4.69, 9.17) is 23.2 Å². The third-order valence-corrected chi connectivity index (χ3v) is 3.26. The molecule has 1 N–H and O–H groups in total. The van der Waals surface area contributed by atoms with Gasteiger partial charge in [-0.05, 0) is 5.56 Å². The number of nitrogens with zero attached hydrogens (tertiary/aromatic N) is 3. The minimum absolute atomic E-state index is 0.0238. The molecule has 0 radical (unpaired) electrons. The molecule has 0 atom stereocenters.